The highest BCUT2D eigenvalue weighted by atomic mass is 16.4. The van der Waals surface area contributed by atoms with E-state index >= 15 is 0 Å². The molecule has 3 saturated heterocycles. The van der Waals surface area contributed by atoms with Crippen LogP contribution in [0.2, 0.25) is 0 Å². The fraction of sp³-hybridized carbons (Fsp3) is 0.867. The first-order chi connectivity index (χ1) is 9.99. The first-order valence-electron chi connectivity index (χ1n) is 8.03. The molecule has 4 atom stereocenters. The molecule has 0 radical (unpaired) electrons. The number of hydrogen-bond acceptors (Lipinski definition) is 3. The Morgan fingerprint density at radius 1 is 1.05 bits per heavy atom. The highest BCUT2D eigenvalue weighted by molar-refractivity contribution is 5.84. The molecule has 0 bridgehead atoms. The topological polar surface area (TPSA) is 64.1 Å². The highest BCUT2D eigenvalue weighted by Crippen LogP contribution is 2.29. The number of carboxylic acids is 1. The minimum Gasteiger partial charge on any atom is -0.480 e. The Bertz CT molecular complexity index is 442. The molecule has 0 aliphatic carbocycles. The van der Waals surface area contributed by atoms with E-state index in [1.165, 1.54) is 6.42 Å². The summed E-state index contributed by atoms with van der Waals surface area (Å²) in [6.07, 6.45) is 3.13. The zero-order chi connectivity index (χ0) is 15.1. The van der Waals surface area contributed by atoms with Crippen molar-refractivity contribution < 1.29 is 14.7 Å². The molecule has 4 unspecified atom stereocenters. The van der Waals surface area contributed by atoms with Crippen LogP contribution in [-0.2, 0) is 4.79 Å². The van der Waals surface area contributed by atoms with Gasteiger partial charge in [-0.3, -0.25) is 4.90 Å². The average Bonchev–Trinajstić information content (AvgIpc) is 3.02. The summed E-state index contributed by atoms with van der Waals surface area (Å²) < 4.78 is 0. The standard InChI is InChI=1S/C15H25N3O3/c1-10-5-7-17(13(10)14(19)20)15(21)18-9-12-4-3-6-16(12)8-11(18)2/h10-13H,3-9H2,1-2H3,(H,19,20). The van der Waals surface area contributed by atoms with Crippen molar-refractivity contribution in [1.29, 1.82) is 0 Å². The smallest absolute Gasteiger partial charge is 0.326 e. The van der Waals surface area contributed by atoms with Crippen LogP contribution in [-0.4, -0.2) is 76.1 Å². The molecular weight excluding hydrogens is 270 g/mol. The molecule has 3 aliphatic heterocycles. The largest absolute Gasteiger partial charge is 0.480 e. The van der Waals surface area contributed by atoms with Crippen molar-refractivity contribution in [2.75, 3.05) is 26.2 Å². The number of piperazine rings is 1. The fourth-order valence-corrected chi connectivity index (χ4v) is 4.16. The van der Waals surface area contributed by atoms with Crippen LogP contribution in [0.4, 0.5) is 4.79 Å². The van der Waals surface area contributed by atoms with E-state index in [9.17, 15) is 14.7 Å². The van der Waals surface area contributed by atoms with E-state index in [-0.39, 0.29) is 18.0 Å². The van der Waals surface area contributed by atoms with Crippen LogP contribution < -0.4 is 0 Å². The SMILES string of the molecule is CC1CCN(C(=O)N2CC3CCCN3CC2C)C1C(=O)O. The summed E-state index contributed by atoms with van der Waals surface area (Å²) >= 11 is 0. The summed E-state index contributed by atoms with van der Waals surface area (Å²) in [5.41, 5.74) is 0. The van der Waals surface area contributed by atoms with Crippen molar-refractivity contribution in [1.82, 2.24) is 14.7 Å². The maximum atomic E-state index is 12.8. The van der Waals surface area contributed by atoms with Gasteiger partial charge in [0.2, 0.25) is 0 Å². The van der Waals surface area contributed by atoms with Crippen LogP contribution in [0.15, 0.2) is 0 Å². The molecular formula is C15H25N3O3. The number of carboxylic acid groups (broad SMARTS) is 1. The van der Waals surface area contributed by atoms with Crippen LogP contribution in [0.5, 0.6) is 0 Å². The predicted octanol–water partition coefficient (Wildman–Crippen LogP) is 1.07. The lowest BCUT2D eigenvalue weighted by Gasteiger charge is -2.44. The second-order valence-electron chi connectivity index (χ2n) is 6.82. The number of fused-ring (bicyclic) bond motifs is 1. The molecule has 0 saturated carbocycles. The van der Waals surface area contributed by atoms with Gasteiger partial charge in [0.1, 0.15) is 6.04 Å². The Hall–Kier alpha value is -1.30. The van der Waals surface area contributed by atoms with Gasteiger partial charge < -0.3 is 14.9 Å². The Morgan fingerprint density at radius 2 is 1.81 bits per heavy atom. The maximum Gasteiger partial charge on any atom is 0.326 e. The second-order valence-corrected chi connectivity index (χ2v) is 6.82. The van der Waals surface area contributed by atoms with Gasteiger partial charge in [0.25, 0.3) is 0 Å². The van der Waals surface area contributed by atoms with Crippen LogP contribution >= 0.6 is 0 Å². The number of carbonyl (C=O) groups is 2. The van der Waals surface area contributed by atoms with Gasteiger partial charge in [0, 0.05) is 31.7 Å². The molecule has 3 heterocycles. The Kier molecular flexibility index (Phi) is 3.82. The molecule has 0 aromatic heterocycles. The number of carbonyl (C=O) groups excluding carboxylic acids is 1. The van der Waals surface area contributed by atoms with Gasteiger partial charge in [-0.2, -0.15) is 0 Å². The van der Waals surface area contributed by atoms with Gasteiger partial charge in [-0.15, -0.1) is 0 Å². The monoisotopic (exact) mass is 295 g/mol. The van der Waals surface area contributed by atoms with Crippen molar-refractivity contribution in [2.45, 2.75) is 51.2 Å². The summed E-state index contributed by atoms with van der Waals surface area (Å²) in [4.78, 5) is 30.2. The van der Waals surface area contributed by atoms with E-state index in [4.69, 9.17) is 0 Å². The van der Waals surface area contributed by atoms with Gasteiger partial charge >= 0.3 is 12.0 Å². The molecule has 2 amide bonds. The Balaban J connectivity index is 1.73. The summed E-state index contributed by atoms with van der Waals surface area (Å²) in [5, 5.41) is 9.40. The zero-order valence-electron chi connectivity index (χ0n) is 12.9. The van der Waals surface area contributed by atoms with E-state index in [2.05, 4.69) is 11.8 Å². The van der Waals surface area contributed by atoms with Crippen molar-refractivity contribution >= 4 is 12.0 Å². The van der Waals surface area contributed by atoms with Gasteiger partial charge in [0.05, 0.1) is 0 Å². The number of amides is 2. The molecule has 0 aromatic carbocycles. The Labute approximate surface area is 125 Å². The van der Waals surface area contributed by atoms with Gasteiger partial charge in [-0.25, -0.2) is 9.59 Å². The zero-order valence-corrected chi connectivity index (χ0v) is 12.9. The third kappa shape index (κ3) is 2.50. The van der Waals surface area contributed by atoms with Gasteiger partial charge in [-0.05, 0) is 38.6 Å². The maximum absolute atomic E-state index is 12.8. The lowest BCUT2D eigenvalue weighted by atomic mass is 10.0. The fourth-order valence-electron chi connectivity index (χ4n) is 4.16. The minimum absolute atomic E-state index is 0.0366. The summed E-state index contributed by atoms with van der Waals surface area (Å²) in [6.45, 7) is 7.35. The van der Waals surface area contributed by atoms with Crippen LogP contribution in [0, 0.1) is 5.92 Å². The second kappa shape index (κ2) is 5.48. The molecule has 6 nitrogen and oxygen atoms in total. The molecule has 21 heavy (non-hydrogen) atoms. The third-order valence-electron chi connectivity index (χ3n) is 5.38. The summed E-state index contributed by atoms with van der Waals surface area (Å²) in [6, 6.07) is -0.109. The van der Waals surface area contributed by atoms with Crippen molar-refractivity contribution in [3.8, 4) is 0 Å². The number of aliphatic carboxylic acids is 1. The molecule has 1 N–H and O–H groups in total. The van der Waals surface area contributed by atoms with Gasteiger partial charge in [0.15, 0.2) is 0 Å². The van der Waals surface area contributed by atoms with Crippen LogP contribution in [0.1, 0.15) is 33.1 Å². The third-order valence-corrected chi connectivity index (χ3v) is 5.38. The van der Waals surface area contributed by atoms with Crippen molar-refractivity contribution in [2.24, 2.45) is 5.92 Å². The molecule has 0 spiro atoms. The number of nitrogens with zero attached hydrogens (tertiary/aromatic N) is 3. The molecule has 3 rings (SSSR count). The molecule has 0 aromatic rings. The first kappa shape index (κ1) is 14.6. The predicted molar refractivity (Wildman–Crippen MR) is 78.1 cm³/mol. The molecule has 3 aliphatic rings. The quantitative estimate of drug-likeness (QED) is 0.786. The summed E-state index contributed by atoms with van der Waals surface area (Å²) in [5.74, 6) is -0.838. The van der Waals surface area contributed by atoms with E-state index in [1.807, 2.05) is 11.8 Å². The highest BCUT2D eigenvalue weighted by Gasteiger charge is 2.44. The first-order valence-corrected chi connectivity index (χ1v) is 8.03. The lowest BCUT2D eigenvalue weighted by Crippen LogP contribution is -2.60. The Morgan fingerprint density at radius 3 is 2.52 bits per heavy atom. The number of urea groups is 1. The molecule has 118 valence electrons. The van der Waals surface area contributed by atoms with Crippen LogP contribution in [0.3, 0.4) is 0 Å². The lowest BCUT2D eigenvalue weighted by molar-refractivity contribution is -0.142. The van der Waals surface area contributed by atoms with E-state index in [1.54, 1.807) is 4.90 Å². The average molecular weight is 295 g/mol. The number of rotatable bonds is 1. The van der Waals surface area contributed by atoms with Crippen LogP contribution in [0.25, 0.3) is 0 Å². The van der Waals surface area contributed by atoms with E-state index in [0.29, 0.717) is 12.6 Å². The summed E-state index contributed by atoms with van der Waals surface area (Å²) in [7, 11) is 0. The van der Waals surface area contributed by atoms with Crippen molar-refractivity contribution in [3.63, 3.8) is 0 Å². The minimum atomic E-state index is -0.875. The van der Waals surface area contributed by atoms with E-state index < -0.39 is 12.0 Å². The molecule has 6 heteroatoms. The van der Waals surface area contributed by atoms with Crippen molar-refractivity contribution in [3.05, 3.63) is 0 Å². The molecule has 3 fully saturated rings. The van der Waals surface area contributed by atoms with Gasteiger partial charge in [-0.1, -0.05) is 6.92 Å². The normalized spacial score (nSPS) is 36.9. The number of likely N-dealkylation sites (tertiary alicyclic amines) is 1. The number of hydrogen-bond donors (Lipinski definition) is 1. The van der Waals surface area contributed by atoms with E-state index in [0.717, 1.165) is 32.5 Å².